The number of rotatable bonds is 2. The highest BCUT2D eigenvalue weighted by Crippen LogP contribution is 2.27. The summed E-state index contributed by atoms with van der Waals surface area (Å²) < 4.78 is 1.68. The molecule has 0 saturated heterocycles. The van der Waals surface area contributed by atoms with Crippen molar-refractivity contribution < 1.29 is 0 Å². The Kier molecular flexibility index (Phi) is 2.77. The topological polar surface area (TPSA) is 4.93 Å². The summed E-state index contributed by atoms with van der Waals surface area (Å²) >= 11 is 0. The Morgan fingerprint density at radius 1 is 0.667 bits per heavy atom. The molecule has 1 heterocycles. The Hall–Kier alpha value is -2.22. The maximum Gasteiger partial charge on any atom is 0.234 e. The maximum absolute atomic E-state index is 6.03. The lowest BCUT2D eigenvalue weighted by atomic mass is 10.1. The summed E-state index contributed by atoms with van der Waals surface area (Å²) in [5, 5.41) is 0. The van der Waals surface area contributed by atoms with Crippen LogP contribution in [0.4, 0.5) is 0 Å². The number of hydrogen-bond acceptors (Lipinski definition) is 0. The second kappa shape index (κ2) is 4.57. The molecule has 1 nitrogen and oxygen atoms in total. The van der Waals surface area contributed by atoms with Crippen molar-refractivity contribution in [3.05, 3.63) is 72.9 Å². The molecule has 2 aromatic carbocycles. The van der Waals surface area contributed by atoms with Crippen LogP contribution < -0.4 is 0 Å². The van der Waals surface area contributed by atoms with Crippen molar-refractivity contribution >= 4 is 7.98 Å². The number of hydrogen-bond donors (Lipinski definition) is 0. The van der Waals surface area contributed by atoms with E-state index in [1.165, 1.54) is 5.56 Å². The van der Waals surface area contributed by atoms with Gasteiger partial charge in [-0.05, 0) is 29.0 Å². The van der Waals surface area contributed by atoms with Gasteiger partial charge in [0.15, 0.2) is 0 Å². The normalized spacial score (nSPS) is 10.4. The predicted molar refractivity (Wildman–Crippen MR) is 76.5 cm³/mol. The molecule has 18 heavy (non-hydrogen) atoms. The van der Waals surface area contributed by atoms with Gasteiger partial charge in [0.2, 0.25) is 7.98 Å². The van der Waals surface area contributed by atoms with Gasteiger partial charge in [0.05, 0.1) is 0 Å². The van der Waals surface area contributed by atoms with Crippen molar-refractivity contribution in [3.63, 3.8) is 0 Å². The molecule has 0 atom stereocenters. The quantitative estimate of drug-likeness (QED) is 0.589. The van der Waals surface area contributed by atoms with E-state index >= 15 is 0 Å². The first-order chi connectivity index (χ1) is 8.84. The van der Waals surface area contributed by atoms with E-state index in [-0.39, 0.29) is 0 Å². The smallest absolute Gasteiger partial charge is 0.234 e. The van der Waals surface area contributed by atoms with Gasteiger partial charge in [0, 0.05) is 5.69 Å². The first-order valence-electron chi connectivity index (χ1n) is 5.93. The Labute approximate surface area is 108 Å². The van der Waals surface area contributed by atoms with Gasteiger partial charge < -0.3 is 4.48 Å². The van der Waals surface area contributed by atoms with Crippen LogP contribution in [-0.4, -0.2) is 12.5 Å². The van der Waals surface area contributed by atoms with Crippen LogP contribution in [0.1, 0.15) is 0 Å². The highest BCUT2D eigenvalue weighted by atomic mass is 14.9. The van der Waals surface area contributed by atoms with E-state index in [9.17, 15) is 0 Å². The summed E-state index contributed by atoms with van der Waals surface area (Å²) in [7, 11) is 6.03. The molecule has 0 fully saturated rings. The maximum atomic E-state index is 6.03. The highest BCUT2D eigenvalue weighted by molar-refractivity contribution is 6.09. The van der Waals surface area contributed by atoms with E-state index in [0.717, 1.165) is 16.8 Å². The first kappa shape index (κ1) is 10.9. The monoisotopic (exact) mass is 229 g/mol. The van der Waals surface area contributed by atoms with Gasteiger partial charge in [0.1, 0.15) is 0 Å². The summed E-state index contributed by atoms with van der Waals surface area (Å²) in [6.07, 6.45) is 1.96. The first-order valence-corrected chi connectivity index (χ1v) is 5.93. The largest absolute Gasteiger partial charge is 0.403 e. The Bertz CT molecular complexity index is 641. The molecule has 0 saturated carbocycles. The number of benzene rings is 2. The van der Waals surface area contributed by atoms with Crippen LogP contribution in [0.5, 0.6) is 0 Å². The van der Waals surface area contributed by atoms with Gasteiger partial charge in [-0.15, -0.1) is 0 Å². The molecule has 0 aliphatic heterocycles. The third kappa shape index (κ3) is 1.97. The van der Waals surface area contributed by atoms with Crippen LogP contribution in [0.3, 0.4) is 0 Å². The molecule has 0 N–H and O–H groups in total. The van der Waals surface area contributed by atoms with E-state index in [4.69, 9.17) is 7.98 Å². The number of aromatic nitrogens is 1. The summed E-state index contributed by atoms with van der Waals surface area (Å²) in [6, 6.07) is 22.5. The molecule has 3 rings (SSSR count). The molecule has 1 aromatic heterocycles. The van der Waals surface area contributed by atoms with E-state index < -0.39 is 0 Å². The van der Waals surface area contributed by atoms with Crippen LogP contribution >= 0.6 is 0 Å². The predicted octanol–water partition coefficient (Wildman–Crippen LogP) is 3.75. The molecular weight excluding hydrogens is 217 g/mol. The third-order valence-electron chi connectivity index (χ3n) is 3.03. The zero-order chi connectivity index (χ0) is 12.4. The van der Waals surface area contributed by atoms with Crippen molar-refractivity contribution in [1.29, 1.82) is 0 Å². The van der Waals surface area contributed by atoms with Gasteiger partial charge in [-0.3, -0.25) is 0 Å². The van der Waals surface area contributed by atoms with Crippen molar-refractivity contribution in [3.8, 4) is 22.4 Å². The lowest BCUT2D eigenvalue weighted by molar-refractivity contribution is 1.26. The Morgan fingerprint density at radius 2 is 1.22 bits per heavy atom. The van der Waals surface area contributed by atoms with Crippen molar-refractivity contribution in [1.82, 2.24) is 4.48 Å². The Morgan fingerprint density at radius 3 is 1.83 bits per heavy atom. The molecule has 2 radical (unpaired) electrons. The van der Waals surface area contributed by atoms with Crippen LogP contribution in [0.25, 0.3) is 22.4 Å². The fourth-order valence-corrected chi connectivity index (χ4v) is 2.11. The van der Waals surface area contributed by atoms with Gasteiger partial charge in [-0.25, -0.2) is 0 Å². The second-order valence-corrected chi connectivity index (χ2v) is 4.25. The fourth-order valence-electron chi connectivity index (χ4n) is 2.11. The van der Waals surface area contributed by atoms with Crippen molar-refractivity contribution in [2.45, 2.75) is 0 Å². The molecule has 0 amide bonds. The van der Waals surface area contributed by atoms with Gasteiger partial charge in [0.25, 0.3) is 0 Å². The average Bonchev–Trinajstić information content (AvgIpc) is 2.83. The zero-order valence-electron chi connectivity index (χ0n) is 9.95. The van der Waals surface area contributed by atoms with Gasteiger partial charge in [-0.2, -0.15) is 0 Å². The molecule has 0 spiro atoms. The molecule has 0 unspecified atom stereocenters. The standard InChI is InChI=1S/C16H12BN/c17-18-12-15(13-7-3-1-4-8-13)11-16(18)14-9-5-2-6-10-14/h1-12H. The van der Waals surface area contributed by atoms with Crippen molar-refractivity contribution in [2.75, 3.05) is 0 Å². The Balaban J connectivity index is 2.07. The van der Waals surface area contributed by atoms with Crippen LogP contribution in [0.2, 0.25) is 0 Å². The molecule has 0 bridgehead atoms. The minimum absolute atomic E-state index is 1.02. The zero-order valence-corrected chi connectivity index (χ0v) is 9.95. The van der Waals surface area contributed by atoms with E-state index in [1.807, 2.05) is 42.6 Å². The van der Waals surface area contributed by atoms with Crippen molar-refractivity contribution in [2.24, 2.45) is 0 Å². The fraction of sp³-hybridized carbons (Fsp3) is 0. The van der Waals surface area contributed by atoms with E-state index in [0.29, 0.717) is 0 Å². The lowest BCUT2D eigenvalue weighted by Gasteiger charge is -2.02. The van der Waals surface area contributed by atoms with E-state index in [1.54, 1.807) is 4.48 Å². The lowest BCUT2D eigenvalue weighted by Crippen LogP contribution is -1.91. The molecule has 2 heteroatoms. The van der Waals surface area contributed by atoms with Gasteiger partial charge in [-0.1, -0.05) is 60.7 Å². The van der Waals surface area contributed by atoms with Crippen LogP contribution in [0.15, 0.2) is 72.9 Å². The molecule has 3 aromatic rings. The molecule has 0 aliphatic rings. The van der Waals surface area contributed by atoms with E-state index in [2.05, 4.69) is 30.3 Å². The summed E-state index contributed by atoms with van der Waals surface area (Å²) in [5.41, 5.74) is 4.47. The summed E-state index contributed by atoms with van der Waals surface area (Å²) in [5.74, 6) is 0. The molecule has 84 valence electrons. The minimum atomic E-state index is 1.02. The summed E-state index contributed by atoms with van der Waals surface area (Å²) in [4.78, 5) is 0. The summed E-state index contributed by atoms with van der Waals surface area (Å²) in [6.45, 7) is 0. The van der Waals surface area contributed by atoms with Crippen LogP contribution in [-0.2, 0) is 0 Å². The molecular formula is C16H12BN. The average molecular weight is 229 g/mol. The van der Waals surface area contributed by atoms with Gasteiger partial charge >= 0.3 is 0 Å². The number of nitrogens with zero attached hydrogens (tertiary/aromatic N) is 1. The van der Waals surface area contributed by atoms with Crippen LogP contribution in [0, 0.1) is 0 Å². The minimum Gasteiger partial charge on any atom is -0.403 e. The SMILES string of the molecule is [B]n1cc(-c2ccccc2)cc1-c1ccccc1. The highest BCUT2D eigenvalue weighted by Gasteiger charge is 2.05. The third-order valence-corrected chi connectivity index (χ3v) is 3.03. The molecule has 0 aliphatic carbocycles. The second-order valence-electron chi connectivity index (χ2n) is 4.25.